The number of carbonyl (C=O) groups excluding carboxylic acids is 1. The largest absolute Gasteiger partial charge is 0.354 e. The minimum Gasteiger partial charge on any atom is -0.354 e. The highest BCUT2D eigenvalue weighted by Gasteiger charge is 2.35. The zero-order valence-electron chi connectivity index (χ0n) is 16.9. The Bertz CT molecular complexity index is 570. The van der Waals surface area contributed by atoms with E-state index in [1.54, 1.807) is 0 Å². The topological polar surface area (TPSA) is 47.6 Å². The summed E-state index contributed by atoms with van der Waals surface area (Å²) in [5.74, 6) is 0.156. The van der Waals surface area contributed by atoms with Crippen molar-refractivity contribution in [3.05, 3.63) is 35.9 Å². The lowest BCUT2D eigenvalue weighted by Gasteiger charge is -2.40. The van der Waals surface area contributed by atoms with Gasteiger partial charge in [-0.2, -0.15) is 0 Å². The standard InChI is InChI=1S/C20H32N4O.3ClH/c1-20(10-6-12-22-20)19(25)21-11-7-13-24-15-14-23(2)16-18(24)17-8-4-3-5-9-17;;;/h3-5,8-9,18,22H,6-7,10-16H2,1-2H3,(H,21,25);3*1H. The molecule has 2 saturated heterocycles. The van der Waals surface area contributed by atoms with Crippen molar-refractivity contribution < 1.29 is 4.79 Å². The second-order valence-corrected chi connectivity index (χ2v) is 7.70. The summed E-state index contributed by atoms with van der Waals surface area (Å²) < 4.78 is 0. The third-order valence-corrected chi connectivity index (χ3v) is 5.66. The van der Waals surface area contributed by atoms with Gasteiger partial charge in [-0.3, -0.25) is 9.69 Å². The summed E-state index contributed by atoms with van der Waals surface area (Å²) in [5.41, 5.74) is 1.03. The first-order valence-electron chi connectivity index (χ1n) is 9.59. The molecule has 0 spiro atoms. The average Bonchev–Trinajstić information content (AvgIpc) is 3.08. The minimum absolute atomic E-state index is 0. The zero-order chi connectivity index (χ0) is 17.7. The van der Waals surface area contributed by atoms with Crippen LogP contribution in [0.1, 0.15) is 37.8 Å². The van der Waals surface area contributed by atoms with Crippen LogP contribution in [0.4, 0.5) is 0 Å². The van der Waals surface area contributed by atoms with E-state index in [0.717, 1.165) is 58.5 Å². The van der Waals surface area contributed by atoms with Crippen LogP contribution < -0.4 is 10.6 Å². The van der Waals surface area contributed by atoms with E-state index >= 15 is 0 Å². The molecule has 2 heterocycles. The van der Waals surface area contributed by atoms with Crippen LogP contribution in [-0.4, -0.2) is 67.6 Å². The minimum atomic E-state index is -0.361. The number of nitrogens with zero attached hydrogens (tertiary/aromatic N) is 2. The molecule has 0 aliphatic carbocycles. The van der Waals surface area contributed by atoms with Crippen molar-refractivity contribution in [3.8, 4) is 0 Å². The molecule has 8 heteroatoms. The summed E-state index contributed by atoms with van der Waals surface area (Å²) in [5, 5.41) is 6.46. The number of piperazine rings is 1. The maximum absolute atomic E-state index is 12.4. The monoisotopic (exact) mass is 452 g/mol. The SMILES string of the molecule is CN1CCN(CCCNC(=O)C2(C)CCCN2)C(c2ccccc2)C1.Cl.Cl.Cl. The first-order chi connectivity index (χ1) is 12.1. The first kappa shape index (κ1) is 27.4. The van der Waals surface area contributed by atoms with Crippen molar-refractivity contribution in [3.63, 3.8) is 0 Å². The van der Waals surface area contributed by atoms with E-state index < -0.39 is 0 Å². The molecule has 162 valence electrons. The van der Waals surface area contributed by atoms with Crippen LogP contribution in [-0.2, 0) is 4.79 Å². The Labute approximate surface area is 188 Å². The van der Waals surface area contributed by atoms with E-state index in [2.05, 4.69) is 57.8 Å². The summed E-state index contributed by atoms with van der Waals surface area (Å²) >= 11 is 0. The molecule has 2 atom stereocenters. The van der Waals surface area contributed by atoms with Crippen molar-refractivity contribution in [1.82, 2.24) is 20.4 Å². The van der Waals surface area contributed by atoms with Crippen molar-refractivity contribution in [2.45, 2.75) is 37.8 Å². The van der Waals surface area contributed by atoms with Gasteiger partial charge in [0.15, 0.2) is 0 Å². The smallest absolute Gasteiger partial charge is 0.240 e. The van der Waals surface area contributed by atoms with Gasteiger partial charge in [0.2, 0.25) is 5.91 Å². The van der Waals surface area contributed by atoms with Crippen LogP contribution in [0.2, 0.25) is 0 Å². The number of benzene rings is 1. The molecular weight excluding hydrogens is 419 g/mol. The number of rotatable bonds is 6. The molecule has 0 aromatic heterocycles. The van der Waals surface area contributed by atoms with E-state index in [1.807, 2.05) is 6.92 Å². The Balaban J connectivity index is 0.00000243. The fourth-order valence-electron chi connectivity index (χ4n) is 3.98. The van der Waals surface area contributed by atoms with Gasteiger partial charge >= 0.3 is 0 Å². The predicted octanol–water partition coefficient (Wildman–Crippen LogP) is 2.89. The Morgan fingerprint density at radius 3 is 2.57 bits per heavy atom. The number of hydrogen-bond donors (Lipinski definition) is 2. The molecule has 1 amide bonds. The molecule has 0 radical (unpaired) electrons. The third-order valence-electron chi connectivity index (χ3n) is 5.66. The Morgan fingerprint density at radius 2 is 1.93 bits per heavy atom. The number of likely N-dealkylation sites (N-methyl/N-ethyl adjacent to an activating group) is 1. The van der Waals surface area contributed by atoms with Crippen LogP contribution in [0.3, 0.4) is 0 Å². The van der Waals surface area contributed by atoms with E-state index in [1.165, 1.54) is 5.56 Å². The lowest BCUT2D eigenvalue weighted by Crippen LogP contribution is -2.51. The lowest BCUT2D eigenvalue weighted by molar-refractivity contribution is -0.126. The Morgan fingerprint density at radius 1 is 1.21 bits per heavy atom. The van der Waals surface area contributed by atoms with Gasteiger partial charge in [0.25, 0.3) is 0 Å². The van der Waals surface area contributed by atoms with E-state index in [-0.39, 0.29) is 48.7 Å². The van der Waals surface area contributed by atoms with Gasteiger partial charge in [0, 0.05) is 38.8 Å². The highest BCUT2D eigenvalue weighted by Crippen LogP contribution is 2.24. The number of halogens is 3. The van der Waals surface area contributed by atoms with E-state index in [0.29, 0.717) is 6.04 Å². The molecule has 1 aromatic rings. The second kappa shape index (κ2) is 12.9. The quantitative estimate of drug-likeness (QED) is 0.650. The highest BCUT2D eigenvalue weighted by atomic mass is 35.5. The Hall–Kier alpha value is -0.560. The van der Waals surface area contributed by atoms with Gasteiger partial charge in [-0.1, -0.05) is 30.3 Å². The summed E-state index contributed by atoms with van der Waals surface area (Å²) in [4.78, 5) is 17.3. The number of hydrogen-bond acceptors (Lipinski definition) is 4. The van der Waals surface area contributed by atoms with Gasteiger partial charge in [-0.25, -0.2) is 0 Å². The fourth-order valence-corrected chi connectivity index (χ4v) is 3.98. The third kappa shape index (κ3) is 7.05. The molecule has 28 heavy (non-hydrogen) atoms. The molecule has 2 unspecified atom stereocenters. The summed E-state index contributed by atoms with van der Waals surface area (Å²) in [7, 11) is 2.20. The number of nitrogens with one attached hydrogen (secondary N) is 2. The first-order valence-corrected chi connectivity index (χ1v) is 9.59. The van der Waals surface area contributed by atoms with Crippen LogP contribution in [0.25, 0.3) is 0 Å². The van der Waals surface area contributed by atoms with Gasteiger partial charge in [-0.05, 0) is 45.3 Å². The van der Waals surface area contributed by atoms with Gasteiger partial charge < -0.3 is 15.5 Å². The second-order valence-electron chi connectivity index (χ2n) is 7.70. The van der Waals surface area contributed by atoms with Crippen LogP contribution >= 0.6 is 37.2 Å². The predicted molar refractivity (Wildman–Crippen MR) is 123 cm³/mol. The average molecular weight is 454 g/mol. The lowest BCUT2D eigenvalue weighted by atomic mass is 9.99. The van der Waals surface area contributed by atoms with Crippen molar-refractivity contribution in [2.24, 2.45) is 0 Å². The molecule has 3 rings (SSSR count). The van der Waals surface area contributed by atoms with Crippen molar-refractivity contribution in [1.29, 1.82) is 0 Å². The molecule has 2 aliphatic heterocycles. The van der Waals surface area contributed by atoms with E-state index in [4.69, 9.17) is 0 Å². The highest BCUT2D eigenvalue weighted by molar-refractivity contribution is 5.86. The van der Waals surface area contributed by atoms with Crippen molar-refractivity contribution in [2.75, 3.05) is 46.3 Å². The molecule has 2 aliphatic rings. The maximum atomic E-state index is 12.4. The molecule has 2 fully saturated rings. The fraction of sp³-hybridized carbons (Fsp3) is 0.650. The zero-order valence-corrected chi connectivity index (χ0v) is 19.3. The Kier molecular flexibility index (Phi) is 12.6. The number of amides is 1. The summed E-state index contributed by atoms with van der Waals surface area (Å²) in [6, 6.07) is 11.2. The molecule has 2 N–H and O–H groups in total. The molecule has 1 aromatic carbocycles. The number of carbonyl (C=O) groups is 1. The summed E-state index contributed by atoms with van der Waals surface area (Å²) in [6.45, 7) is 8.01. The van der Waals surface area contributed by atoms with Crippen molar-refractivity contribution >= 4 is 43.1 Å². The molecule has 0 saturated carbocycles. The molecular formula is C20H35Cl3N4O. The molecule has 5 nitrogen and oxygen atoms in total. The van der Waals surface area contributed by atoms with Gasteiger partial charge in [-0.15, -0.1) is 37.2 Å². The maximum Gasteiger partial charge on any atom is 0.240 e. The molecule has 0 bridgehead atoms. The van der Waals surface area contributed by atoms with Crippen LogP contribution in [0, 0.1) is 0 Å². The van der Waals surface area contributed by atoms with E-state index in [9.17, 15) is 4.79 Å². The van der Waals surface area contributed by atoms with Gasteiger partial charge in [0.05, 0.1) is 5.54 Å². The normalized spacial score (nSPS) is 25.1. The van der Waals surface area contributed by atoms with Gasteiger partial charge in [0.1, 0.15) is 0 Å². The van der Waals surface area contributed by atoms with Crippen LogP contribution in [0.15, 0.2) is 30.3 Å². The summed E-state index contributed by atoms with van der Waals surface area (Å²) in [6.07, 6.45) is 3.02. The van der Waals surface area contributed by atoms with Crippen LogP contribution in [0.5, 0.6) is 0 Å².